The molecule has 1 saturated heterocycles. The van der Waals surface area contributed by atoms with Crippen molar-refractivity contribution < 1.29 is 4.74 Å². The van der Waals surface area contributed by atoms with Gasteiger partial charge in [-0.15, -0.1) is 10.2 Å². The second kappa shape index (κ2) is 6.84. The zero-order valence-corrected chi connectivity index (χ0v) is 15.5. The lowest BCUT2D eigenvalue weighted by atomic mass is 9.96. The van der Waals surface area contributed by atoms with Gasteiger partial charge in [0.2, 0.25) is 0 Å². The zero-order chi connectivity index (χ0) is 18.2. The van der Waals surface area contributed by atoms with Crippen LogP contribution in [-0.2, 0) is 11.3 Å². The van der Waals surface area contributed by atoms with Gasteiger partial charge in [0.05, 0.1) is 5.69 Å². The summed E-state index contributed by atoms with van der Waals surface area (Å²) in [6, 6.07) is 6.11. The van der Waals surface area contributed by atoms with Crippen LogP contribution in [0.4, 0.5) is 5.82 Å². The molecular formula is C19H23N7O. The quantitative estimate of drug-likeness (QED) is 0.686. The molecule has 3 aromatic rings. The van der Waals surface area contributed by atoms with E-state index in [2.05, 4.69) is 31.1 Å². The number of ether oxygens (including phenoxy) is 1. The first kappa shape index (κ1) is 16.6. The molecule has 2 aliphatic rings. The lowest BCUT2D eigenvalue weighted by molar-refractivity contribution is 0.178. The molecule has 0 spiro atoms. The summed E-state index contributed by atoms with van der Waals surface area (Å²) in [7, 11) is 1.66. The van der Waals surface area contributed by atoms with E-state index >= 15 is 0 Å². The van der Waals surface area contributed by atoms with Gasteiger partial charge in [0, 0.05) is 38.2 Å². The topological polar surface area (TPSA) is 81.3 Å². The number of fused-ring (bicyclic) bond motifs is 1. The lowest BCUT2D eigenvalue weighted by Crippen LogP contribution is -2.34. The number of rotatable bonds is 5. The Hall–Kier alpha value is -2.61. The highest BCUT2D eigenvalue weighted by atomic mass is 16.5. The summed E-state index contributed by atoms with van der Waals surface area (Å²) in [6.07, 6.45) is 6.33. The average Bonchev–Trinajstić information content (AvgIpc) is 3.48. The normalized spacial score (nSPS) is 18.3. The molecule has 27 heavy (non-hydrogen) atoms. The van der Waals surface area contributed by atoms with Crippen molar-refractivity contribution in [2.45, 2.75) is 44.1 Å². The van der Waals surface area contributed by atoms with Crippen LogP contribution in [0.1, 0.15) is 54.9 Å². The Morgan fingerprint density at radius 1 is 1.04 bits per heavy atom. The predicted molar refractivity (Wildman–Crippen MR) is 99.7 cm³/mol. The third-order valence-electron chi connectivity index (χ3n) is 5.45. The summed E-state index contributed by atoms with van der Waals surface area (Å²) in [6.45, 7) is 2.31. The molecule has 4 heterocycles. The molecule has 0 aromatic carbocycles. The van der Waals surface area contributed by atoms with E-state index in [4.69, 9.17) is 9.84 Å². The Morgan fingerprint density at radius 3 is 2.67 bits per heavy atom. The monoisotopic (exact) mass is 365 g/mol. The molecule has 3 aromatic heterocycles. The molecule has 0 bridgehead atoms. The smallest absolute Gasteiger partial charge is 0.177 e. The van der Waals surface area contributed by atoms with Crippen LogP contribution < -0.4 is 4.90 Å². The minimum atomic E-state index is 0.374. The highest BCUT2D eigenvalue weighted by Gasteiger charge is 2.28. The van der Waals surface area contributed by atoms with Crippen molar-refractivity contribution in [3.05, 3.63) is 41.7 Å². The third kappa shape index (κ3) is 3.25. The number of piperidine rings is 1. The Labute approximate surface area is 157 Å². The molecule has 0 amide bonds. The van der Waals surface area contributed by atoms with Gasteiger partial charge < -0.3 is 9.64 Å². The van der Waals surface area contributed by atoms with Crippen LogP contribution in [0.25, 0.3) is 5.65 Å². The van der Waals surface area contributed by atoms with Gasteiger partial charge in [-0.2, -0.15) is 9.61 Å². The summed E-state index contributed by atoms with van der Waals surface area (Å²) < 4.78 is 7.11. The van der Waals surface area contributed by atoms with Crippen LogP contribution in [0.3, 0.4) is 0 Å². The maximum absolute atomic E-state index is 5.14. The summed E-state index contributed by atoms with van der Waals surface area (Å²) in [4.78, 5) is 11.2. The second-order valence-corrected chi connectivity index (χ2v) is 7.39. The zero-order valence-electron chi connectivity index (χ0n) is 15.5. The van der Waals surface area contributed by atoms with E-state index in [1.54, 1.807) is 13.3 Å². The minimum absolute atomic E-state index is 0.374. The van der Waals surface area contributed by atoms with Gasteiger partial charge in [-0.25, -0.2) is 9.97 Å². The van der Waals surface area contributed by atoms with Gasteiger partial charge in [-0.3, -0.25) is 0 Å². The molecule has 2 fully saturated rings. The number of hydrogen-bond acceptors (Lipinski definition) is 7. The molecule has 0 atom stereocenters. The summed E-state index contributed by atoms with van der Waals surface area (Å²) in [5.41, 5.74) is 2.02. The highest BCUT2D eigenvalue weighted by molar-refractivity contribution is 5.40. The largest absolute Gasteiger partial charge is 0.377 e. The fourth-order valence-electron chi connectivity index (χ4n) is 3.80. The van der Waals surface area contributed by atoms with Gasteiger partial charge >= 0.3 is 0 Å². The first-order chi connectivity index (χ1) is 13.3. The van der Waals surface area contributed by atoms with E-state index in [1.165, 1.54) is 18.5 Å². The van der Waals surface area contributed by atoms with Gasteiger partial charge in [-0.1, -0.05) is 0 Å². The van der Waals surface area contributed by atoms with Gasteiger partial charge in [-0.05, 0) is 43.9 Å². The van der Waals surface area contributed by atoms with Gasteiger partial charge in [0.25, 0.3) is 0 Å². The number of nitrogens with zero attached hydrogens (tertiary/aromatic N) is 7. The number of methoxy groups -OCH3 is 1. The van der Waals surface area contributed by atoms with E-state index in [0.29, 0.717) is 18.4 Å². The molecule has 0 unspecified atom stereocenters. The Balaban J connectivity index is 1.32. The number of aromatic nitrogens is 6. The molecule has 140 valence electrons. The molecule has 1 saturated carbocycles. The summed E-state index contributed by atoms with van der Waals surface area (Å²) in [5.74, 6) is 3.69. The predicted octanol–water partition coefficient (Wildman–Crippen LogP) is 2.32. The molecule has 1 aliphatic carbocycles. The Morgan fingerprint density at radius 2 is 1.89 bits per heavy atom. The fraction of sp³-hybridized carbons (Fsp3) is 0.526. The SMILES string of the molecule is COCc1nccc(N2CCC(c3nnc4ccc(C5CC5)nn34)CC2)n1. The Bertz CT molecular complexity index is 944. The molecule has 0 N–H and O–H groups in total. The average molecular weight is 365 g/mol. The van der Waals surface area contributed by atoms with Crippen molar-refractivity contribution >= 4 is 11.5 Å². The van der Waals surface area contributed by atoms with Crippen LogP contribution in [0, 0.1) is 0 Å². The van der Waals surface area contributed by atoms with Crippen molar-refractivity contribution in [2.75, 3.05) is 25.1 Å². The summed E-state index contributed by atoms with van der Waals surface area (Å²) in [5, 5.41) is 13.6. The molecule has 5 rings (SSSR count). The maximum Gasteiger partial charge on any atom is 0.177 e. The molecule has 8 heteroatoms. The number of hydrogen-bond donors (Lipinski definition) is 0. The molecule has 0 radical (unpaired) electrons. The van der Waals surface area contributed by atoms with E-state index in [0.717, 1.165) is 49.0 Å². The van der Waals surface area contributed by atoms with Crippen molar-refractivity contribution in [2.24, 2.45) is 0 Å². The van der Waals surface area contributed by atoms with Crippen molar-refractivity contribution in [1.29, 1.82) is 0 Å². The first-order valence-electron chi connectivity index (χ1n) is 9.60. The van der Waals surface area contributed by atoms with Gasteiger partial charge in [0.15, 0.2) is 17.3 Å². The molecule has 1 aliphatic heterocycles. The lowest BCUT2D eigenvalue weighted by Gasteiger charge is -2.32. The standard InChI is InChI=1S/C19H23N7O/c1-27-12-16-20-9-6-17(21-16)25-10-7-14(8-11-25)19-23-22-18-5-4-15(13-2-3-13)24-26(18)19/h4-6,9,13-14H,2-3,7-8,10-12H2,1H3. The van der Waals surface area contributed by atoms with E-state index in [9.17, 15) is 0 Å². The van der Waals surface area contributed by atoms with Crippen molar-refractivity contribution in [3.63, 3.8) is 0 Å². The van der Waals surface area contributed by atoms with Crippen molar-refractivity contribution in [1.82, 2.24) is 29.8 Å². The van der Waals surface area contributed by atoms with Crippen LogP contribution in [0.2, 0.25) is 0 Å². The highest BCUT2D eigenvalue weighted by Crippen LogP contribution is 2.39. The van der Waals surface area contributed by atoms with Gasteiger partial charge in [0.1, 0.15) is 12.4 Å². The van der Waals surface area contributed by atoms with Crippen LogP contribution in [0.15, 0.2) is 24.4 Å². The second-order valence-electron chi connectivity index (χ2n) is 7.39. The maximum atomic E-state index is 5.14. The Kier molecular flexibility index (Phi) is 4.20. The first-order valence-corrected chi connectivity index (χ1v) is 9.60. The third-order valence-corrected chi connectivity index (χ3v) is 5.45. The van der Waals surface area contributed by atoms with E-state index in [-0.39, 0.29) is 0 Å². The summed E-state index contributed by atoms with van der Waals surface area (Å²) >= 11 is 0. The molecule has 8 nitrogen and oxygen atoms in total. The van der Waals surface area contributed by atoms with Crippen LogP contribution >= 0.6 is 0 Å². The molecular weight excluding hydrogens is 342 g/mol. The van der Waals surface area contributed by atoms with Crippen LogP contribution in [0.5, 0.6) is 0 Å². The van der Waals surface area contributed by atoms with E-state index < -0.39 is 0 Å². The minimum Gasteiger partial charge on any atom is -0.377 e. The van der Waals surface area contributed by atoms with Crippen molar-refractivity contribution in [3.8, 4) is 0 Å². The van der Waals surface area contributed by atoms with Crippen LogP contribution in [-0.4, -0.2) is 50.0 Å². The number of anilines is 1. The fourth-order valence-corrected chi connectivity index (χ4v) is 3.80. The van der Waals surface area contributed by atoms with E-state index in [1.807, 2.05) is 16.6 Å².